The number of unbranched alkanes of at least 4 members (excludes halogenated alkanes) is 1. The van der Waals surface area contributed by atoms with Crippen LogP contribution in [0.5, 0.6) is 11.5 Å². The standard InChI is InChI=1S/C20H24FNO6S/c1-26-15-9-7-14(8-10-15)6-4-5-13-22(29(24)25)17-12-11-16(21)18(19(17)27-2)20(23)28-3/h7-12H,4-6,13H2,1-3H3,(H,24,25). The van der Waals surface area contributed by atoms with E-state index in [9.17, 15) is 17.9 Å². The average molecular weight is 425 g/mol. The third-order valence-corrected chi connectivity index (χ3v) is 5.13. The number of carbonyl (C=O) groups excluding carboxylic acids is 1. The molecule has 9 heteroatoms. The molecule has 0 bridgehead atoms. The summed E-state index contributed by atoms with van der Waals surface area (Å²) in [7, 11) is 3.98. The third-order valence-electron chi connectivity index (χ3n) is 4.37. The number of rotatable bonds is 10. The van der Waals surface area contributed by atoms with E-state index in [4.69, 9.17) is 9.47 Å². The predicted octanol–water partition coefficient (Wildman–Crippen LogP) is 3.60. The smallest absolute Gasteiger partial charge is 0.344 e. The number of benzene rings is 2. The van der Waals surface area contributed by atoms with Crippen molar-refractivity contribution in [3.63, 3.8) is 0 Å². The van der Waals surface area contributed by atoms with Crippen LogP contribution < -0.4 is 13.8 Å². The number of methoxy groups -OCH3 is 3. The molecule has 0 aliphatic heterocycles. The van der Waals surface area contributed by atoms with Crippen molar-refractivity contribution in [3.05, 3.63) is 53.3 Å². The lowest BCUT2D eigenvalue weighted by Crippen LogP contribution is -2.27. The summed E-state index contributed by atoms with van der Waals surface area (Å²) in [5.74, 6) is -1.13. The molecule has 0 radical (unpaired) electrons. The lowest BCUT2D eigenvalue weighted by atomic mass is 10.1. The van der Waals surface area contributed by atoms with E-state index in [0.717, 1.165) is 41.6 Å². The van der Waals surface area contributed by atoms with Gasteiger partial charge in [-0.25, -0.2) is 13.4 Å². The second kappa shape index (κ2) is 10.8. The predicted molar refractivity (Wildman–Crippen MR) is 108 cm³/mol. The van der Waals surface area contributed by atoms with Gasteiger partial charge in [0, 0.05) is 6.54 Å². The van der Waals surface area contributed by atoms with Crippen LogP contribution in [-0.4, -0.2) is 42.6 Å². The number of hydrogen-bond donors (Lipinski definition) is 1. The van der Waals surface area contributed by atoms with E-state index >= 15 is 0 Å². The molecule has 0 saturated heterocycles. The molecule has 0 aromatic heterocycles. The van der Waals surface area contributed by atoms with E-state index in [1.54, 1.807) is 7.11 Å². The van der Waals surface area contributed by atoms with Crippen molar-refractivity contribution in [1.82, 2.24) is 0 Å². The Bertz CT molecular complexity index is 859. The van der Waals surface area contributed by atoms with E-state index in [2.05, 4.69) is 4.74 Å². The van der Waals surface area contributed by atoms with Crippen LogP contribution in [0.3, 0.4) is 0 Å². The Morgan fingerprint density at radius 1 is 1.07 bits per heavy atom. The molecule has 0 spiro atoms. The number of esters is 1. The molecule has 1 N–H and O–H groups in total. The molecule has 2 rings (SSSR count). The molecule has 29 heavy (non-hydrogen) atoms. The molecule has 7 nitrogen and oxygen atoms in total. The molecule has 158 valence electrons. The molecule has 1 atom stereocenters. The van der Waals surface area contributed by atoms with Gasteiger partial charge in [0.25, 0.3) is 11.3 Å². The zero-order valence-corrected chi connectivity index (χ0v) is 17.3. The number of nitrogens with zero attached hydrogens (tertiary/aromatic N) is 1. The second-order valence-electron chi connectivity index (χ2n) is 6.10. The summed E-state index contributed by atoms with van der Waals surface area (Å²) < 4.78 is 51.8. The summed E-state index contributed by atoms with van der Waals surface area (Å²) in [6.45, 7) is 0.210. The zero-order valence-electron chi connectivity index (χ0n) is 16.5. The number of carbonyl (C=O) groups is 1. The van der Waals surface area contributed by atoms with E-state index in [1.165, 1.54) is 13.2 Å². The molecule has 0 amide bonds. The third kappa shape index (κ3) is 5.68. The highest BCUT2D eigenvalue weighted by Crippen LogP contribution is 2.35. The van der Waals surface area contributed by atoms with Crippen LogP contribution in [-0.2, 0) is 22.4 Å². The Hall–Kier alpha value is -2.65. The van der Waals surface area contributed by atoms with Crippen LogP contribution in [0.15, 0.2) is 36.4 Å². The minimum atomic E-state index is -2.39. The summed E-state index contributed by atoms with van der Waals surface area (Å²) in [6, 6.07) is 10.0. The first-order valence-corrected chi connectivity index (χ1v) is 9.95. The number of halogens is 1. The van der Waals surface area contributed by atoms with Gasteiger partial charge < -0.3 is 14.2 Å². The quantitative estimate of drug-likeness (QED) is 0.356. The average Bonchev–Trinajstić information content (AvgIpc) is 2.73. The monoisotopic (exact) mass is 425 g/mol. The molecule has 0 saturated carbocycles. The summed E-state index contributed by atoms with van der Waals surface area (Å²) in [6.07, 6.45) is 2.13. The Kier molecular flexibility index (Phi) is 8.41. The molecule has 0 aliphatic rings. The maximum atomic E-state index is 14.1. The lowest BCUT2D eigenvalue weighted by molar-refractivity contribution is 0.0591. The van der Waals surface area contributed by atoms with Gasteiger partial charge in [0.1, 0.15) is 17.1 Å². The Morgan fingerprint density at radius 2 is 1.76 bits per heavy atom. The van der Waals surface area contributed by atoms with Crippen molar-refractivity contribution >= 4 is 22.9 Å². The van der Waals surface area contributed by atoms with Crippen LogP contribution in [0.1, 0.15) is 28.8 Å². The van der Waals surface area contributed by atoms with Crippen LogP contribution in [0.4, 0.5) is 10.1 Å². The van der Waals surface area contributed by atoms with Crippen LogP contribution in [0.2, 0.25) is 0 Å². The van der Waals surface area contributed by atoms with E-state index in [0.29, 0.717) is 6.42 Å². The van der Waals surface area contributed by atoms with Gasteiger partial charge in [0.2, 0.25) is 0 Å². The van der Waals surface area contributed by atoms with Crippen molar-refractivity contribution < 1.29 is 32.2 Å². The minimum absolute atomic E-state index is 0.139. The van der Waals surface area contributed by atoms with Gasteiger partial charge in [0.15, 0.2) is 5.75 Å². The van der Waals surface area contributed by atoms with E-state index < -0.39 is 28.6 Å². The SMILES string of the molecule is COC(=O)c1c(F)ccc(N(CCCCc2ccc(OC)cc2)S(=O)O)c1OC. The number of anilines is 1. The van der Waals surface area contributed by atoms with Gasteiger partial charge >= 0.3 is 5.97 Å². The highest BCUT2D eigenvalue weighted by atomic mass is 32.2. The normalized spacial score (nSPS) is 11.6. The van der Waals surface area contributed by atoms with Crippen molar-refractivity contribution in [2.45, 2.75) is 19.3 Å². The summed E-state index contributed by atoms with van der Waals surface area (Å²) >= 11 is -2.39. The molecule has 0 heterocycles. The largest absolute Gasteiger partial charge is 0.497 e. The van der Waals surface area contributed by atoms with Crippen molar-refractivity contribution in [1.29, 1.82) is 0 Å². The van der Waals surface area contributed by atoms with Gasteiger partial charge in [-0.2, -0.15) is 0 Å². The van der Waals surface area contributed by atoms with Crippen molar-refractivity contribution in [2.24, 2.45) is 0 Å². The fourth-order valence-corrected chi connectivity index (χ4v) is 3.50. The van der Waals surface area contributed by atoms with Crippen molar-refractivity contribution in [2.75, 3.05) is 32.2 Å². The number of aryl methyl sites for hydroxylation is 1. The molecule has 2 aromatic carbocycles. The van der Waals surface area contributed by atoms with E-state index in [1.807, 2.05) is 24.3 Å². The zero-order chi connectivity index (χ0) is 21.4. The van der Waals surface area contributed by atoms with Gasteiger partial charge in [-0.3, -0.25) is 8.86 Å². The molecule has 1 unspecified atom stereocenters. The maximum absolute atomic E-state index is 14.1. The van der Waals surface area contributed by atoms with Crippen LogP contribution in [0.25, 0.3) is 0 Å². The molecule has 0 aliphatic carbocycles. The molecular weight excluding hydrogens is 401 g/mol. The van der Waals surface area contributed by atoms with Gasteiger partial charge in [-0.1, -0.05) is 12.1 Å². The Labute approximate surface area is 171 Å². The first-order valence-electron chi connectivity index (χ1n) is 8.89. The van der Waals surface area contributed by atoms with Gasteiger partial charge in [0.05, 0.1) is 27.0 Å². The van der Waals surface area contributed by atoms with Crippen LogP contribution >= 0.6 is 0 Å². The molecule has 2 aromatic rings. The molecular formula is C20H24FNO6S. The van der Waals surface area contributed by atoms with Crippen molar-refractivity contribution in [3.8, 4) is 11.5 Å². The Balaban J connectivity index is 2.13. The van der Waals surface area contributed by atoms with Crippen LogP contribution in [0, 0.1) is 5.82 Å². The second-order valence-corrected chi connectivity index (χ2v) is 7.01. The first kappa shape index (κ1) is 22.6. The van der Waals surface area contributed by atoms with E-state index in [-0.39, 0.29) is 18.0 Å². The fourth-order valence-electron chi connectivity index (χ4n) is 2.90. The summed E-state index contributed by atoms with van der Waals surface area (Å²) in [5, 5.41) is 0. The minimum Gasteiger partial charge on any atom is -0.497 e. The fraction of sp³-hybridized carbons (Fsp3) is 0.350. The Morgan fingerprint density at radius 3 is 2.31 bits per heavy atom. The first-order chi connectivity index (χ1) is 13.9. The topological polar surface area (TPSA) is 85.3 Å². The summed E-state index contributed by atoms with van der Waals surface area (Å²) in [5.41, 5.74) is 0.843. The number of hydrogen-bond acceptors (Lipinski definition) is 5. The molecule has 0 fully saturated rings. The maximum Gasteiger partial charge on any atom is 0.344 e. The number of ether oxygens (including phenoxy) is 3. The highest BCUT2D eigenvalue weighted by molar-refractivity contribution is 7.80. The van der Waals surface area contributed by atoms with Gasteiger partial charge in [-0.05, 0) is 49.1 Å². The lowest BCUT2D eigenvalue weighted by Gasteiger charge is -2.23. The summed E-state index contributed by atoms with van der Waals surface area (Å²) in [4.78, 5) is 11.9. The van der Waals surface area contributed by atoms with Gasteiger partial charge in [-0.15, -0.1) is 0 Å². The highest BCUT2D eigenvalue weighted by Gasteiger charge is 2.26.